The Kier molecular flexibility index (Phi) is 4.00. The van der Waals surface area contributed by atoms with Gasteiger partial charge in [-0.15, -0.1) is 0 Å². The summed E-state index contributed by atoms with van der Waals surface area (Å²) in [5.74, 6) is -0.483. The van der Waals surface area contributed by atoms with Gasteiger partial charge < -0.3 is 10.0 Å². The molecule has 1 aliphatic heterocycles. The van der Waals surface area contributed by atoms with E-state index in [2.05, 4.69) is 6.07 Å². The van der Waals surface area contributed by atoms with Crippen molar-refractivity contribution in [1.29, 1.82) is 5.26 Å². The molecule has 19 heavy (non-hydrogen) atoms. The minimum atomic E-state index is -0.909. The highest BCUT2D eigenvalue weighted by Gasteiger charge is 2.29. The van der Waals surface area contributed by atoms with E-state index in [-0.39, 0.29) is 17.7 Å². The predicted molar refractivity (Wildman–Crippen MR) is 67.1 cm³/mol. The van der Waals surface area contributed by atoms with Gasteiger partial charge in [-0.2, -0.15) is 5.26 Å². The second kappa shape index (κ2) is 5.70. The number of benzene rings is 1. The van der Waals surface area contributed by atoms with Crippen LogP contribution >= 0.6 is 0 Å². The van der Waals surface area contributed by atoms with Crippen LogP contribution in [0.3, 0.4) is 0 Å². The summed E-state index contributed by atoms with van der Waals surface area (Å²) in [5.41, 5.74) is 0.803. The standard InChI is InChI=1S/C14H15FN2O2/c15-12-3-1-10(2-4-12)13(9-16)11-5-7-17(8-6-11)14(18)19/h1-4,11,13H,5-8H2,(H,18,19). The third kappa shape index (κ3) is 3.02. The highest BCUT2D eigenvalue weighted by atomic mass is 19.1. The van der Waals surface area contributed by atoms with E-state index in [1.54, 1.807) is 12.1 Å². The average Bonchev–Trinajstić information content (AvgIpc) is 2.42. The lowest BCUT2D eigenvalue weighted by Crippen LogP contribution is -2.38. The van der Waals surface area contributed by atoms with E-state index in [0.29, 0.717) is 25.9 Å². The maximum absolute atomic E-state index is 12.9. The number of rotatable bonds is 2. The van der Waals surface area contributed by atoms with Gasteiger partial charge in [0.05, 0.1) is 12.0 Å². The largest absolute Gasteiger partial charge is 0.465 e. The average molecular weight is 262 g/mol. The summed E-state index contributed by atoms with van der Waals surface area (Å²) in [7, 11) is 0. The fraction of sp³-hybridized carbons (Fsp3) is 0.429. The number of nitriles is 1. The first-order valence-corrected chi connectivity index (χ1v) is 6.24. The summed E-state index contributed by atoms with van der Waals surface area (Å²) in [4.78, 5) is 12.2. The van der Waals surface area contributed by atoms with Gasteiger partial charge in [-0.3, -0.25) is 0 Å². The summed E-state index contributed by atoms with van der Waals surface area (Å²) in [6.45, 7) is 0.915. The van der Waals surface area contributed by atoms with E-state index < -0.39 is 6.09 Å². The van der Waals surface area contributed by atoms with Crippen LogP contribution in [0.5, 0.6) is 0 Å². The van der Waals surface area contributed by atoms with Crippen molar-refractivity contribution in [2.24, 2.45) is 5.92 Å². The molecule has 1 unspecified atom stereocenters. The van der Waals surface area contributed by atoms with Crippen LogP contribution in [0, 0.1) is 23.1 Å². The lowest BCUT2D eigenvalue weighted by atomic mass is 9.81. The monoisotopic (exact) mass is 262 g/mol. The summed E-state index contributed by atoms with van der Waals surface area (Å²) in [5, 5.41) is 18.2. The normalized spacial score (nSPS) is 17.8. The van der Waals surface area contributed by atoms with Gasteiger partial charge in [-0.1, -0.05) is 12.1 Å². The smallest absolute Gasteiger partial charge is 0.407 e. The Morgan fingerprint density at radius 3 is 2.42 bits per heavy atom. The maximum atomic E-state index is 12.9. The lowest BCUT2D eigenvalue weighted by Gasteiger charge is -2.32. The Labute approximate surface area is 111 Å². The first-order chi connectivity index (χ1) is 9.11. The first kappa shape index (κ1) is 13.3. The van der Waals surface area contributed by atoms with Crippen molar-refractivity contribution in [3.8, 4) is 6.07 Å². The number of piperidine rings is 1. The molecule has 1 saturated heterocycles. The number of hydrogen-bond donors (Lipinski definition) is 1. The predicted octanol–water partition coefficient (Wildman–Crippen LogP) is 2.82. The summed E-state index contributed by atoms with van der Waals surface area (Å²) < 4.78 is 12.9. The third-order valence-corrected chi connectivity index (χ3v) is 3.65. The molecule has 4 nitrogen and oxygen atoms in total. The van der Waals surface area contributed by atoms with E-state index in [9.17, 15) is 14.4 Å². The van der Waals surface area contributed by atoms with Crippen molar-refractivity contribution in [2.45, 2.75) is 18.8 Å². The van der Waals surface area contributed by atoms with E-state index in [1.807, 2.05) is 0 Å². The summed E-state index contributed by atoms with van der Waals surface area (Å²) >= 11 is 0. The van der Waals surface area contributed by atoms with Crippen molar-refractivity contribution in [3.05, 3.63) is 35.6 Å². The molecule has 0 spiro atoms. The molecule has 5 heteroatoms. The van der Waals surface area contributed by atoms with Crippen LogP contribution in [0.2, 0.25) is 0 Å². The highest BCUT2D eigenvalue weighted by molar-refractivity contribution is 5.65. The number of amides is 1. The van der Waals surface area contributed by atoms with Crippen LogP contribution < -0.4 is 0 Å². The van der Waals surface area contributed by atoms with E-state index in [4.69, 9.17) is 5.11 Å². The Balaban J connectivity index is 2.06. The molecule has 0 aromatic heterocycles. The zero-order valence-corrected chi connectivity index (χ0v) is 10.4. The molecule has 100 valence electrons. The van der Waals surface area contributed by atoms with Crippen molar-refractivity contribution in [2.75, 3.05) is 13.1 Å². The molecular weight excluding hydrogens is 247 g/mol. The topological polar surface area (TPSA) is 64.3 Å². The molecular formula is C14H15FN2O2. The van der Waals surface area contributed by atoms with Gasteiger partial charge in [0, 0.05) is 13.1 Å². The molecule has 1 heterocycles. The van der Waals surface area contributed by atoms with Crippen LogP contribution in [0.4, 0.5) is 9.18 Å². The summed E-state index contributed by atoms with van der Waals surface area (Å²) in [6.07, 6.45) is 0.429. The van der Waals surface area contributed by atoms with Crippen molar-refractivity contribution in [3.63, 3.8) is 0 Å². The number of hydrogen-bond acceptors (Lipinski definition) is 2. The molecule has 1 aliphatic rings. The maximum Gasteiger partial charge on any atom is 0.407 e. The van der Waals surface area contributed by atoms with Gasteiger partial charge >= 0.3 is 6.09 Å². The molecule has 0 saturated carbocycles. The van der Waals surface area contributed by atoms with Gasteiger partial charge in [0.25, 0.3) is 0 Å². The minimum absolute atomic E-state index is 0.131. The Morgan fingerprint density at radius 1 is 1.37 bits per heavy atom. The lowest BCUT2D eigenvalue weighted by molar-refractivity contribution is 0.122. The Morgan fingerprint density at radius 2 is 1.95 bits per heavy atom. The van der Waals surface area contributed by atoms with E-state index in [1.165, 1.54) is 17.0 Å². The van der Waals surface area contributed by atoms with Crippen molar-refractivity contribution < 1.29 is 14.3 Å². The minimum Gasteiger partial charge on any atom is -0.465 e. The van der Waals surface area contributed by atoms with Gasteiger partial charge in [-0.05, 0) is 36.5 Å². The van der Waals surface area contributed by atoms with Crippen LogP contribution in [0.25, 0.3) is 0 Å². The molecule has 1 amide bonds. The molecule has 1 aromatic carbocycles. The molecule has 0 radical (unpaired) electrons. The number of nitrogens with zero attached hydrogens (tertiary/aromatic N) is 2. The van der Waals surface area contributed by atoms with Gasteiger partial charge in [-0.25, -0.2) is 9.18 Å². The molecule has 1 fully saturated rings. The first-order valence-electron chi connectivity index (χ1n) is 6.24. The highest BCUT2D eigenvalue weighted by Crippen LogP contribution is 2.32. The zero-order chi connectivity index (χ0) is 13.8. The molecule has 0 aliphatic carbocycles. The molecule has 1 aromatic rings. The number of likely N-dealkylation sites (tertiary alicyclic amines) is 1. The van der Waals surface area contributed by atoms with Gasteiger partial charge in [0.1, 0.15) is 5.82 Å². The summed E-state index contributed by atoms with van der Waals surface area (Å²) in [6, 6.07) is 8.23. The molecule has 0 bridgehead atoms. The second-order valence-corrected chi connectivity index (χ2v) is 4.77. The van der Waals surface area contributed by atoms with E-state index >= 15 is 0 Å². The second-order valence-electron chi connectivity index (χ2n) is 4.77. The van der Waals surface area contributed by atoms with Gasteiger partial charge in [0.15, 0.2) is 0 Å². The van der Waals surface area contributed by atoms with Crippen molar-refractivity contribution in [1.82, 2.24) is 4.90 Å². The fourth-order valence-electron chi connectivity index (χ4n) is 2.55. The Hall–Kier alpha value is -2.09. The molecule has 1 atom stereocenters. The third-order valence-electron chi connectivity index (χ3n) is 3.65. The Bertz CT molecular complexity index is 487. The zero-order valence-electron chi connectivity index (χ0n) is 10.4. The van der Waals surface area contributed by atoms with Crippen LogP contribution in [-0.4, -0.2) is 29.2 Å². The van der Waals surface area contributed by atoms with Crippen LogP contribution in [0.1, 0.15) is 24.3 Å². The molecule has 2 rings (SSSR count). The van der Waals surface area contributed by atoms with Gasteiger partial charge in [0.2, 0.25) is 0 Å². The quantitative estimate of drug-likeness (QED) is 0.891. The SMILES string of the molecule is N#CC(c1ccc(F)cc1)C1CCN(C(=O)O)CC1. The number of carbonyl (C=O) groups is 1. The van der Waals surface area contributed by atoms with Crippen LogP contribution in [0.15, 0.2) is 24.3 Å². The number of carboxylic acid groups (broad SMARTS) is 1. The van der Waals surface area contributed by atoms with Crippen molar-refractivity contribution >= 4 is 6.09 Å². The molecule has 1 N–H and O–H groups in total. The van der Waals surface area contributed by atoms with Crippen LogP contribution in [-0.2, 0) is 0 Å². The van der Waals surface area contributed by atoms with E-state index in [0.717, 1.165) is 5.56 Å². The number of halogens is 1. The fourth-order valence-corrected chi connectivity index (χ4v) is 2.55.